The Labute approximate surface area is 133 Å². The highest BCUT2D eigenvalue weighted by atomic mass is 32.3. The molecule has 2 N–H and O–H groups in total. The van der Waals surface area contributed by atoms with E-state index in [1.807, 2.05) is 0 Å². The highest BCUT2D eigenvalue weighted by molar-refractivity contribution is 7.94. The Hall–Kier alpha value is -2.04. The molecule has 0 unspecified atom stereocenters. The third-order valence-corrected chi connectivity index (χ3v) is 4.16. The molecule has 23 heavy (non-hydrogen) atoms. The molecule has 3 rings (SSSR count). The normalized spacial score (nSPS) is 11.9. The van der Waals surface area contributed by atoms with Crippen molar-refractivity contribution in [2.75, 3.05) is 0 Å². The van der Waals surface area contributed by atoms with Gasteiger partial charge < -0.3 is 0 Å². The van der Waals surface area contributed by atoms with Gasteiger partial charge in [-0.15, -0.1) is 3.63 Å². The van der Waals surface area contributed by atoms with Crippen LogP contribution in [-0.4, -0.2) is 25.9 Å². The van der Waals surface area contributed by atoms with E-state index in [-0.39, 0.29) is 0 Å². The summed E-state index contributed by atoms with van der Waals surface area (Å²) in [6, 6.07) is 21.4. The van der Waals surface area contributed by atoms with E-state index >= 15 is 0 Å². The van der Waals surface area contributed by atoms with Gasteiger partial charge in [-0.3, -0.25) is 9.11 Å². The molecule has 3 aromatic carbocycles. The van der Waals surface area contributed by atoms with Crippen molar-refractivity contribution in [2.45, 2.75) is 0 Å². The van der Waals surface area contributed by atoms with E-state index < -0.39 is 20.8 Å². The summed E-state index contributed by atoms with van der Waals surface area (Å²) < 4.78 is 55.6. The van der Waals surface area contributed by atoms with Crippen molar-refractivity contribution in [3.05, 3.63) is 60.7 Å². The first kappa shape index (κ1) is 17.3. The fraction of sp³-hybridized carbons (Fsp3) is 0. The lowest BCUT2D eigenvalue weighted by molar-refractivity contribution is 0.344. The number of hydrogen-bond acceptors (Lipinski definition) is 5. The average Bonchev–Trinajstić information content (AvgIpc) is 2.41. The summed E-state index contributed by atoms with van der Waals surface area (Å²) in [6.45, 7) is 0. The van der Waals surface area contributed by atoms with Crippen LogP contribution in [0.4, 0.5) is 0 Å². The Morgan fingerprint density at radius 1 is 0.609 bits per heavy atom. The fourth-order valence-corrected chi connectivity index (χ4v) is 2.86. The van der Waals surface area contributed by atoms with Gasteiger partial charge in [-0.25, -0.2) is 0 Å². The lowest BCUT2D eigenvalue weighted by Crippen LogP contribution is -2.10. The van der Waals surface area contributed by atoms with E-state index in [1.165, 1.54) is 21.5 Å². The van der Waals surface area contributed by atoms with Crippen LogP contribution in [0, 0.1) is 0 Å². The molecule has 0 heterocycles. The Kier molecular flexibility index (Phi) is 4.97. The van der Waals surface area contributed by atoms with Gasteiger partial charge in [-0.1, -0.05) is 48.5 Å². The second-order valence-corrected chi connectivity index (χ2v) is 6.73. The molecule has 9 heteroatoms. The van der Waals surface area contributed by atoms with Crippen LogP contribution in [0.25, 0.3) is 21.5 Å². The molecule has 0 amide bonds. The summed E-state index contributed by atoms with van der Waals surface area (Å²) in [6.07, 6.45) is 0. The van der Waals surface area contributed by atoms with Gasteiger partial charge in [-0.05, 0) is 33.7 Å². The highest BCUT2D eigenvalue weighted by Gasteiger charge is 2.15. The largest absolute Gasteiger partial charge is 0.413 e. The van der Waals surface area contributed by atoms with Gasteiger partial charge in [0.15, 0.2) is 0 Å². The first-order valence-electron chi connectivity index (χ1n) is 6.17. The number of rotatable bonds is 2. The van der Waals surface area contributed by atoms with Crippen LogP contribution < -0.4 is 0 Å². The number of benzene rings is 3. The SMILES string of the molecule is O=S(=O)(O)OS(=O)(=O)O.c1ccc2cc3ccccc3cc2c1. The molecule has 122 valence electrons. The summed E-state index contributed by atoms with van der Waals surface area (Å²) >= 11 is 0. The van der Waals surface area contributed by atoms with Crippen molar-refractivity contribution in [1.29, 1.82) is 0 Å². The molecule has 0 aliphatic heterocycles. The monoisotopic (exact) mass is 356 g/mol. The quantitative estimate of drug-likeness (QED) is 0.535. The molecule has 0 saturated heterocycles. The van der Waals surface area contributed by atoms with E-state index in [9.17, 15) is 16.8 Å². The third-order valence-electron chi connectivity index (χ3n) is 2.79. The van der Waals surface area contributed by atoms with Gasteiger partial charge in [0.05, 0.1) is 0 Å². The molecule has 0 fully saturated rings. The van der Waals surface area contributed by atoms with E-state index in [0.29, 0.717) is 0 Å². The number of hydrogen-bond donors (Lipinski definition) is 2. The first-order chi connectivity index (χ1) is 10.6. The molecule has 0 radical (unpaired) electrons. The molecular formula is C14H12O7S2. The van der Waals surface area contributed by atoms with Crippen molar-refractivity contribution in [3.8, 4) is 0 Å². The summed E-state index contributed by atoms with van der Waals surface area (Å²) in [4.78, 5) is 0. The van der Waals surface area contributed by atoms with E-state index in [2.05, 4.69) is 64.3 Å². The van der Waals surface area contributed by atoms with Crippen LogP contribution in [-0.2, 0) is 24.4 Å². The van der Waals surface area contributed by atoms with Crippen molar-refractivity contribution >= 4 is 42.3 Å². The van der Waals surface area contributed by atoms with Crippen molar-refractivity contribution in [2.24, 2.45) is 0 Å². The minimum absolute atomic E-state index is 1.31. The van der Waals surface area contributed by atoms with Crippen LogP contribution in [0.1, 0.15) is 0 Å². The van der Waals surface area contributed by atoms with E-state index in [4.69, 9.17) is 9.11 Å². The highest BCUT2D eigenvalue weighted by Crippen LogP contribution is 2.21. The van der Waals surface area contributed by atoms with Gasteiger partial charge in [0.1, 0.15) is 0 Å². The maximum Gasteiger partial charge on any atom is 0.413 e. The van der Waals surface area contributed by atoms with Gasteiger partial charge in [0.2, 0.25) is 0 Å². The van der Waals surface area contributed by atoms with Crippen molar-refractivity contribution in [1.82, 2.24) is 0 Å². The minimum Gasteiger partial charge on any atom is -0.263 e. The summed E-state index contributed by atoms with van der Waals surface area (Å²) in [7, 11) is -10.2. The van der Waals surface area contributed by atoms with Gasteiger partial charge in [-0.2, -0.15) is 16.8 Å². The zero-order valence-corrected chi connectivity index (χ0v) is 13.2. The molecule has 3 aromatic rings. The fourth-order valence-electron chi connectivity index (χ4n) is 1.99. The second-order valence-electron chi connectivity index (χ2n) is 4.47. The Morgan fingerprint density at radius 3 is 1.04 bits per heavy atom. The zero-order valence-electron chi connectivity index (χ0n) is 11.5. The summed E-state index contributed by atoms with van der Waals surface area (Å²) in [5.74, 6) is 0. The molecule has 0 saturated carbocycles. The maximum absolute atomic E-state index is 9.44. The zero-order chi connectivity index (χ0) is 17.1. The summed E-state index contributed by atoms with van der Waals surface area (Å²) in [5, 5.41) is 5.25. The predicted octanol–water partition coefficient (Wildman–Crippen LogP) is 2.60. The maximum atomic E-state index is 9.44. The van der Waals surface area contributed by atoms with Gasteiger partial charge in [0, 0.05) is 0 Å². The minimum atomic E-state index is -5.12. The topological polar surface area (TPSA) is 118 Å². The molecule has 0 bridgehead atoms. The van der Waals surface area contributed by atoms with Crippen LogP contribution in [0.5, 0.6) is 0 Å². The van der Waals surface area contributed by atoms with Crippen molar-refractivity contribution in [3.63, 3.8) is 0 Å². The molecule has 0 spiro atoms. The molecular weight excluding hydrogens is 344 g/mol. The van der Waals surface area contributed by atoms with Crippen molar-refractivity contribution < 1.29 is 29.6 Å². The van der Waals surface area contributed by atoms with Crippen LogP contribution in [0.3, 0.4) is 0 Å². The molecule has 0 aromatic heterocycles. The summed E-state index contributed by atoms with van der Waals surface area (Å²) in [5.41, 5.74) is 0. The van der Waals surface area contributed by atoms with E-state index in [0.717, 1.165) is 0 Å². The van der Waals surface area contributed by atoms with Gasteiger partial charge >= 0.3 is 20.8 Å². The van der Waals surface area contributed by atoms with Crippen LogP contribution in [0.2, 0.25) is 0 Å². The Balaban J connectivity index is 0.000000188. The standard InChI is InChI=1S/C14H10.H2O7S2/c1-2-6-12-10-14-8-4-3-7-13(14)9-11(12)5-1;1-8(2,3)7-9(4,5)6/h1-10H;(H,1,2,3)(H,4,5,6). The third kappa shape index (κ3) is 5.58. The molecule has 0 aliphatic carbocycles. The smallest absolute Gasteiger partial charge is 0.263 e. The average molecular weight is 356 g/mol. The lowest BCUT2D eigenvalue weighted by Gasteiger charge is -2.00. The lowest BCUT2D eigenvalue weighted by atomic mass is 10.0. The van der Waals surface area contributed by atoms with Crippen LogP contribution in [0.15, 0.2) is 60.7 Å². The van der Waals surface area contributed by atoms with Crippen LogP contribution >= 0.6 is 0 Å². The second kappa shape index (κ2) is 6.60. The van der Waals surface area contributed by atoms with Gasteiger partial charge in [0.25, 0.3) is 0 Å². The van der Waals surface area contributed by atoms with E-state index in [1.54, 1.807) is 0 Å². The molecule has 7 nitrogen and oxygen atoms in total. The predicted molar refractivity (Wildman–Crippen MR) is 85.6 cm³/mol. The number of fused-ring (bicyclic) bond motifs is 2. The molecule has 0 aliphatic rings. The Morgan fingerprint density at radius 2 is 0.870 bits per heavy atom. The first-order valence-corrected chi connectivity index (χ1v) is 8.90. The molecule has 0 atom stereocenters. The Bertz CT molecular complexity index is 906.